The minimum absolute atomic E-state index is 0.0943. The maximum Gasteiger partial charge on any atom is 0.312 e. The van der Waals surface area contributed by atoms with Crippen molar-refractivity contribution < 1.29 is 44.0 Å². The summed E-state index contributed by atoms with van der Waals surface area (Å²) in [7, 11) is 0. The minimum atomic E-state index is -1.72. The van der Waals surface area contributed by atoms with Crippen LogP contribution in [0.2, 0.25) is 0 Å². The zero-order chi connectivity index (χ0) is 44.9. The number of carbonyl (C=O) groups excluding carboxylic acids is 2. The number of carboxylic acids is 2. The molecule has 6 atom stereocenters. The minimum Gasteiger partial charge on any atom is -0.481 e. The number of ether oxygens (including phenoxy) is 2. The lowest BCUT2D eigenvalue weighted by molar-refractivity contribution is -0.297. The molecule has 1 saturated heterocycles. The van der Waals surface area contributed by atoms with Gasteiger partial charge in [-0.2, -0.15) is 0 Å². The van der Waals surface area contributed by atoms with Crippen molar-refractivity contribution in [2.45, 2.75) is 112 Å². The second kappa shape index (κ2) is 17.0. The normalized spacial score (nSPS) is 23.5. The van der Waals surface area contributed by atoms with E-state index in [1.165, 1.54) is 6.92 Å². The van der Waals surface area contributed by atoms with Gasteiger partial charge in [0.25, 0.3) is 6.29 Å². The van der Waals surface area contributed by atoms with Gasteiger partial charge in [0.2, 0.25) is 0 Å². The molecule has 0 unspecified atom stereocenters. The van der Waals surface area contributed by atoms with Crippen LogP contribution in [0.1, 0.15) is 130 Å². The zero-order valence-electron chi connectivity index (χ0n) is 36.5. The first-order valence-electron chi connectivity index (χ1n) is 21.4. The van der Waals surface area contributed by atoms with Gasteiger partial charge < -0.3 is 34.8 Å². The first-order chi connectivity index (χ1) is 29.4. The summed E-state index contributed by atoms with van der Waals surface area (Å²) in [5, 5.41) is 32.8. The van der Waals surface area contributed by atoms with E-state index in [4.69, 9.17) is 19.4 Å². The van der Waals surface area contributed by atoms with Gasteiger partial charge in [0, 0.05) is 64.4 Å². The lowest BCUT2D eigenvalue weighted by Crippen LogP contribution is -2.66. The molecule has 13 heteroatoms. The predicted octanol–water partition coefficient (Wildman–Crippen LogP) is 9.22. The first kappa shape index (κ1) is 44.0. The van der Waals surface area contributed by atoms with E-state index in [0.717, 1.165) is 66.6 Å². The summed E-state index contributed by atoms with van der Waals surface area (Å²) in [5.74, 6) is -5.00. The Kier molecular flexibility index (Phi) is 12.1. The van der Waals surface area contributed by atoms with Gasteiger partial charge in [0.05, 0.1) is 28.7 Å². The van der Waals surface area contributed by atoms with Crippen LogP contribution in [0.5, 0.6) is 0 Å². The fraction of sp³-hybridized carbons (Fsp3) is 0.429. The number of carboxylic acid groups (broad SMARTS) is 2. The van der Waals surface area contributed by atoms with Gasteiger partial charge in [0.1, 0.15) is 5.60 Å². The molecule has 0 aromatic carbocycles. The van der Waals surface area contributed by atoms with Gasteiger partial charge in [0.15, 0.2) is 0 Å². The third-order valence-electron chi connectivity index (χ3n) is 13.8. The number of hydrogen-bond acceptors (Lipinski definition) is 9. The van der Waals surface area contributed by atoms with Crippen molar-refractivity contribution in [3.05, 3.63) is 81.9 Å². The molecule has 0 radical (unpaired) electrons. The van der Waals surface area contributed by atoms with Crippen LogP contribution in [0.3, 0.4) is 0 Å². The number of aromatic amines is 2. The Morgan fingerprint density at radius 2 is 1.32 bits per heavy atom. The van der Waals surface area contributed by atoms with Crippen LogP contribution >= 0.6 is 0 Å². The van der Waals surface area contributed by atoms with Crippen molar-refractivity contribution in [1.29, 1.82) is 0 Å². The van der Waals surface area contributed by atoms with Crippen molar-refractivity contribution in [3.8, 4) is 0 Å². The number of carbonyl (C=O) groups is 4. The standard InChI is InChI=1S/C49H56N4O9/c1-10-30-24(4)37-20-39-26(6)32(14-18-43(55)56)45(52-39)34(13-17-35-23(3)12-16-36-28(8)47(59)62-48(49(35,36)60)61-29(9)54)46-33(15-19-44(57)58)27(7)40(53-46)22-42-31(11-2)25(5)38(51-42)21-41(30)50-37/h10-11,20-23,28,35-36,48,50-51,60H,1-2,12-19H2,3-9H3,(H,55,56)(H,57,58)/t23-,28-,35+,36+,48+,49-/m1/s1. The van der Waals surface area contributed by atoms with E-state index in [-0.39, 0.29) is 38.0 Å². The number of fused-ring (bicyclic) bond motifs is 9. The Morgan fingerprint density at radius 1 is 0.823 bits per heavy atom. The molecule has 6 heterocycles. The second-order valence-corrected chi connectivity index (χ2v) is 17.3. The lowest BCUT2D eigenvalue weighted by Gasteiger charge is -2.55. The topological polar surface area (TPSA) is 205 Å². The van der Waals surface area contributed by atoms with Gasteiger partial charge in [-0.25, -0.2) is 9.97 Å². The Balaban J connectivity index is 1.57. The van der Waals surface area contributed by atoms with E-state index in [1.54, 1.807) is 13.0 Å². The molecule has 0 spiro atoms. The van der Waals surface area contributed by atoms with Gasteiger partial charge in [-0.3, -0.25) is 19.2 Å². The molecule has 1 saturated carbocycles. The number of rotatable bonds is 12. The molecule has 0 amide bonds. The molecule has 3 aromatic rings. The molecular formula is C49H56N4O9. The first-order valence-corrected chi connectivity index (χ1v) is 21.4. The number of nitrogens with one attached hydrogen (secondary N) is 2. The zero-order valence-corrected chi connectivity index (χ0v) is 36.5. The molecule has 326 valence electrons. The molecule has 3 aliphatic heterocycles. The number of allylic oxidation sites excluding steroid dienone is 4. The van der Waals surface area contributed by atoms with E-state index in [0.29, 0.717) is 47.6 Å². The van der Waals surface area contributed by atoms with Gasteiger partial charge in [-0.1, -0.05) is 39.2 Å². The summed E-state index contributed by atoms with van der Waals surface area (Å²) in [6, 6.07) is 5.94. The summed E-state index contributed by atoms with van der Waals surface area (Å²) in [6.07, 6.45) is 3.88. The van der Waals surface area contributed by atoms with Crippen molar-refractivity contribution in [2.24, 2.45) is 23.7 Å². The average molecular weight is 845 g/mol. The van der Waals surface area contributed by atoms with Crippen LogP contribution in [0.15, 0.2) is 31.4 Å². The smallest absolute Gasteiger partial charge is 0.312 e. The van der Waals surface area contributed by atoms with Crippen LogP contribution in [0, 0.1) is 37.5 Å². The van der Waals surface area contributed by atoms with Crippen molar-refractivity contribution in [3.63, 3.8) is 0 Å². The van der Waals surface area contributed by atoms with Gasteiger partial charge in [-0.15, -0.1) is 0 Å². The molecule has 4 aliphatic rings. The van der Waals surface area contributed by atoms with Gasteiger partial charge in [-0.05, 0) is 130 Å². The molecule has 13 nitrogen and oxygen atoms in total. The van der Waals surface area contributed by atoms with E-state index in [9.17, 15) is 34.5 Å². The molecule has 5 N–H and O–H groups in total. The van der Waals surface area contributed by atoms with Crippen molar-refractivity contribution >= 4 is 80.4 Å². The quantitative estimate of drug-likeness (QED) is 0.109. The molecule has 8 bridgehead atoms. The Bertz CT molecular complexity index is 2660. The molecule has 7 rings (SSSR count). The highest BCUT2D eigenvalue weighted by molar-refractivity contribution is 5.98. The van der Waals surface area contributed by atoms with Crippen molar-refractivity contribution in [1.82, 2.24) is 19.9 Å². The maximum atomic E-state index is 13.1. The van der Waals surface area contributed by atoms with E-state index in [1.807, 2.05) is 58.9 Å². The van der Waals surface area contributed by atoms with Crippen LogP contribution in [0.4, 0.5) is 0 Å². The largest absolute Gasteiger partial charge is 0.481 e. The van der Waals surface area contributed by atoms with Crippen LogP contribution < -0.4 is 0 Å². The average Bonchev–Trinajstić information content (AvgIpc) is 3.88. The molecule has 3 aromatic heterocycles. The predicted molar refractivity (Wildman–Crippen MR) is 239 cm³/mol. The van der Waals surface area contributed by atoms with E-state index in [2.05, 4.69) is 23.1 Å². The van der Waals surface area contributed by atoms with Crippen LogP contribution in [-0.4, -0.2) is 71.0 Å². The summed E-state index contributed by atoms with van der Waals surface area (Å²) in [4.78, 5) is 67.7. The maximum absolute atomic E-state index is 13.1. The van der Waals surface area contributed by atoms with Crippen LogP contribution in [-0.2, 0) is 35.1 Å². The fourth-order valence-corrected chi connectivity index (χ4v) is 10.3. The van der Waals surface area contributed by atoms with Crippen LogP contribution in [0.25, 0.3) is 56.5 Å². The highest BCUT2D eigenvalue weighted by Gasteiger charge is 2.62. The number of hydrogen-bond donors (Lipinski definition) is 5. The number of cyclic esters (lactones) is 1. The summed E-state index contributed by atoms with van der Waals surface area (Å²) >= 11 is 0. The lowest BCUT2D eigenvalue weighted by atomic mass is 9.58. The van der Waals surface area contributed by atoms with Crippen molar-refractivity contribution in [2.75, 3.05) is 0 Å². The highest BCUT2D eigenvalue weighted by Crippen LogP contribution is 2.53. The number of aliphatic hydroxyl groups is 1. The number of aryl methyl sites for hydroxylation is 2. The Hall–Kier alpha value is -6.08. The van der Waals surface area contributed by atoms with Gasteiger partial charge >= 0.3 is 23.9 Å². The van der Waals surface area contributed by atoms with E-state index < -0.39 is 53.5 Å². The number of aliphatic carboxylic acids is 2. The van der Waals surface area contributed by atoms with E-state index >= 15 is 0 Å². The molecule has 62 heavy (non-hydrogen) atoms. The SMILES string of the molecule is C=Cc1c(C)c2cc3[nH]c(cc4nc(c(CC[C@H]5[C@H](C)CC[C@H]6[C@@H](C)C(=O)O[C@H](OC(C)=O)[C@@]56O)c5nc(cc1[nH]2)C(C)=C5CCC(=O)O)C(CCC(=O)O)=C4C)c(C)c3C=C. The number of H-pyrrole nitrogens is 2. The summed E-state index contributed by atoms with van der Waals surface area (Å²) in [5.41, 5.74) is 11.2. The number of esters is 2. The number of aromatic nitrogens is 4. The summed E-state index contributed by atoms with van der Waals surface area (Å²) < 4.78 is 11.3. The summed E-state index contributed by atoms with van der Waals surface area (Å²) in [6.45, 7) is 21.1. The number of nitrogens with zero attached hydrogens (tertiary/aromatic N) is 2. The molecule has 2 fully saturated rings. The Morgan fingerprint density at radius 3 is 1.82 bits per heavy atom. The fourth-order valence-electron chi connectivity index (χ4n) is 10.3. The second-order valence-electron chi connectivity index (χ2n) is 17.3. The highest BCUT2D eigenvalue weighted by atomic mass is 16.7. The third kappa shape index (κ3) is 7.71. The Labute approximate surface area is 360 Å². The monoisotopic (exact) mass is 844 g/mol. The molecular weight excluding hydrogens is 789 g/mol. The third-order valence-corrected chi connectivity index (χ3v) is 13.8. The molecule has 1 aliphatic carbocycles.